The van der Waals surface area contributed by atoms with Crippen LogP contribution in [0, 0.1) is 11.8 Å². The number of hydrogen-bond donors (Lipinski definition) is 1. The Morgan fingerprint density at radius 3 is 2.33 bits per heavy atom. The number of nitrogen functional groups attached to an aromatic ring is 1. The molecular weight excluding hydrogens is 224 g/mol. The van der Waals surface area contributed by atoms with Gasteiger partial charge < -0.3 is 10.6 Å². The Kier molecular flexibility index (Phi) is 2.98. The molecule has 0 spiro atoms. The van der Waals surface area contributed by atoms with E-state index in [0.717, 1.165) is 30.5 Å². The highest BCUT2D eigenvalue weighted by atomic mass is 16.2. The van der Waals surface area contributed by atoms with Crippen LogP contribution in [0.3, 0.4) is 0 Å². The summed E-state index contributed by atoms with van der Waals surface area (Å²) in [6.07, 6.45) is 5.26. The highest BCUT2D eigenvalue weighted by molar-refractivity contribution is 5.94. The van der Waals surface area contributed by atoms with E-state index in [2.05, 4.69) is 0 Å². The summed E-state index contributed by atoms with van der Waals surface area (Å²) in [6, 6.07) is 7.28. The minimum Gasteiger partial charge on any atom is -0.399 e. The van der Waals surface area contributed by atoms with Gasteiger partial charge in [-0.1, -0.05) is 6.42 Å². The first-order chi connectivity index (χ1) is 8.72. The van der Waals surface area contributed by atoms with E-state index in [1.54, 1.807) is 12.1 Å². The molecule has 1 saturated carbocycles. The second kappa shape index (κ2) is 4.63. The quantitative estimate of drug-likeness (QED) is 0.772. The molecule has 1 saturated heterocycles. The summed E-state index contributed by atoms with van der Waals surface area (Å²) >= 11 is 0. The molecule has 2 aliphatic rings. The summed E-state index contributed by atoms with van der Waals surface area (Å²) in [7, 11) is 0. The maximum atomic E-state index is 12.4. The number of fused-ring (bicyclic) bond motifs is 2. The van der Waals surface area contributed by atoms with Crippen molar-refractivity contribution < 1.29 is 4.79 Å². The molecule has 3 heteroatoms. The van der Waals surface area contributed by atoms with Crippen molar-refractivity contribution in [2.45, 2.75) is 25.7 Å². The number of carbonyl (C=O) groups excluding carboxylic acids is 1. The second-order valence-electron chi connectivity index (χ2n) is 5.73. The molecule has 2 bridgehead atoms. The van der Waals surface area contributed by atoms with Crippen molar-refractivity contribution in [3.8, 4) is 0 Å². The van der Waals surface area contributed by atoms with Gasteiger partial charge in [-0.15, -0.1) is 0 Å². The van der Waals surface area contributed by atoms with Crippen molar-refractivity contribution in [1.29, 1.82) is 0 Å². The molecule has 1 aliphatic carbocycles. The molecule has 18 heavy (non-hydrogen) atoms. The van der Waals surface area contributed by atoms with Crippen molar-refractivity contribution in [1.82, 2.24) is 4.90 Å². The first-order valence-electron chi connectivity index (χ1n) is 6.87. The molecule has 2 N–H and O–H groups in total. The topological polar surface area (TPSA) is 46.3 Å². The third-order valence-electron chi connectivity index (χ3n) is 4.29. The summed E-state index contributed by atoms with van der Waals surface area (Å²) in [6.45, 7) is 1.89. The summed E-state index contributed by atoms with van der Waals surface area (Å²) in [5.41, 5.74) is 7.13. The Balaban J connectivity index is 1.74. The second-order valence-corrected chi connectivity index (χ2v) is 5.73. The van der Waals surface area contributed by atoms with Crippen molar-refractivity contribution in [3.63, 3.8) is 0 Å². The number of likely N-dealkylation sites (tertiary alicyclic amines) is 1. The fraction of sp³-hybridized carbons (Fsp3) is 0.533. The Morgan fingerprint density at radius 1 is 1.11 bits per heavy atom. The van der Waals surface area contributed by atoms with E-state index in [0.29, 0.717) is 5.69 Å². The fourth-order valence-corrected chi connectivity index (χ4v) is 3.41. The van der Waals surface area contributed by atoms with Gasteiger partial charge in [0.25, 0.3) is 5.91 Å². The lowest BCUT2D eigenvalue weighted by Gasteiger charge is -2.41. The monoisotopic (exact) mass is 244 g/mol. The predicted molar refractivity (Wildman–Crippen MR) is 72.2 cm³/mol. The van der Waals surface area contributed by atoms with E-state index in [1.807, 2.05) is 17.0 Å². The normalized spacial score (nSPS) is 27.0. The summed E-state index contributed by atoms with van der Waals surface area (Å²) in [5, 5.41) is 0. The van der Waals surface area contributed by atoms with E-state index in [4.69, 9.17) is 5.73 Å². The van der Waals surface area contributed by atoms with Gasteiger partial charge in [0, 0.05) is 24.3 Å². The molecule has 2 fully saturated rings. The lowest BCUT2D eigenvalue weighted by atomic mass is 9.78. The first-order valence-corrected chi connectivity index (χ1v) is 6.87. The molecule has 1 heterocycles. The SMILES string of the molecule is Nc1ccc(C(=O)N2CC3CCCC(C3)C2)cc1. The third kappa shape index (κ3) is 2.22. The molecule has 3 nitrogen and oxygen atoms in total. The minimum absolute atomic E-state index is 0.173. The summed E-state index contributed by atoms with van der Waals surface area (Å²) in [4.78, 5) is 14.5. The number of hydrogen-bond acceptors (Lipinski definition) is 2. The van der Waals surface area contributed by atoms with Gasteiger partial charge in [-0.05, 0) is 55.4 Å². The Morgan fingerprint density at radius 2 is 1.72 bits per heavy atom. The Labute approximate surface area is 108 Å². The molecule has 2 atom stereocenters. The van der Waals surface area contributed by atoms with Crippen molar-refractivity contribution in [3.05, 3.63) is 29.8 Å². The highest BCUT2D eigenvalue weighted by Crippen LogP contribution is 2.34. The van der Waals surface area contributed by atoms with Crippen LogP contribution in [0.2, 0.25) is 0 Å². The van der Waals surface area contributed by atoms with Crippen LogP contribution in [0.5, 0.6) is 0 Å². The minimum atomic E-state index is 0.173. The standard InChI is InChI=1S/C15H20N2O/c16-14-6-4-13(5-7-14)15(18)17-9-11-2-1-3-12(8-11)10-17/h4-7,11-12H,1-3,8-10,16H2. The van der Waals surface area contributed by atoms with E-state index in [9.17, 15) is 4.79 Å². The largest absolute Gasteiger partial charge is 0.399 e. The Bertz CT molecular complexity index is 428. The van der Waals surface area contributed by atoms with Gasteiger partial charge in [-0.25, -0.2) is 0 Å². The van der Waals surface area contributed by atoms with Gasteiger partial charge in [0.2, 0.25) is 0 Å². The Hall–Kier alpha value is -1.51. The van der Waals surface area contributed by atoms with E-state index < -0.39 is 0 Å². The number of benzene rings is 1. The van der Waals surface area contributed by atoms with Crippen molar-refractivity contribution in [2.24, 2.45) is 11.8 Å². The van der Waals surface area contributed by atoms with E-state index in [1.165, 1.54) is 25.7 Å². The molecule has 1 aliphatic heterocycles. The van der Waals surface area contributed by atoms with Gasteiger partial charge in [-0.2, -0.15) is 0 Å². The molecule has 0 radical (unpaired) electrons. The van der Waals surface area contributed by atoms with E-state index in [-0.39, 0.29) is 5.91 Å². The average Bonchev–Trinajstić information content (AvgIpc) is 2.38. The number of piperidine rings is 1. The zero-order chi connectivity index (χ0) is 12.5. The zero-order valence-electron chi connectivity index (χ0n) is 10.6. The number of nitrogens with zero attached hydrogens (tertiary/aromatic N) is 1. The number of carbonyl (C=O) groups is 1. The van der Waals surface area contributed by atoms with Crippen LogP contribution in [0.25, 0.3) is 0 Å². The van der Waals surface area contributed by atoms with Gasteiger partial charge in [0.15, 0.2) is 0 Å². The van der Waals surface area contributed by atoms with Gasteiger partial charge >= 0.3 is 0 Å². The molecule has 1 aromatic carbocycles. The smallest absolute Gasteiger partial charge is 0.253 e. The van der Waals surface area contributed by atoms with Crippen LogP contribution in [-0.2, 0) is 0 Å². The molecule has 3 rings (SSSR count). The average molecular weight is 244 g/mol. The van der Waals surface area contributed by atoms with Crippen LogP contribution in [-0.4, -0.2) is 23.9 Å². The van der Waals surface area contributed by atoms with Crippen LogP contribution in [0.15, 0.2) is 24.3 Å². The van der Waals surface area contributed by atoms with Crippen molar-refractivity contribution >= 4 is 11.6 Å². The van der Waals surface area contributed by atoms with Gasteiger partial charge in [0.05, 0.1) is 0 Å². The van der Waals surface area contributed by atoms with Crippen molar-refractivity contribution in [2.75, 3.05) is 18.8 Å². The molecule has 0 aromatic heterocycles. The lowest BCUT2D eigenvalue weighted by Crippen LogP contribution is -2.45. The predicted octanol–water partition coefficient (Wildman–Crippen LogP) is 2.53. The molecule has 1 aromatic rings. The van der Waals surface area contributed by atoms with Crippen LogP contribution in [0.1, 0.15) is 36.0 Å². The lowest BCUT2D eigenvalue weighted by molar-refractivity contribution is 0.0504. The highest BCUT2D eigenvalue weighted by Gasteiger charge is 2.32. The first kappa shape index (κ1) is 11.6. The van der Waals surface area contributed by atoms with Gasteiger partial charge in [0.1, 0.15) is 0 Å². The number of amides is 1. The molecule has 2 unspecified atom stereocenters. The third-order valence-corrected chi connectivity index (χ3v) is 4.29. The molecular formula is C15H20N2O. The zero-order valence-corrected chi connectivity index (χ0v) is 10.6. The fourth-order valence-electron chi connectivity index (χ4n) is 3.41. The number of nitrogens with two attached hydrogens (primary N) is 1. The molecule has 1 amide bonds. The van der Waals surface area contributed by atoms with Gasteiger partial charge in [-0.3, -0.25) is 4.79 Å². The summed E-state index contributed by atoms with van der Waals surface area (Å²) < 4.78 is 0. The summed E-state index contributed by atoms with van der Waals surface area (Å²) in [5.74, 6) is 1.64. The number of rotatable bonds is 1. The molecule has 96 valence electrons. The maximum Gasteiger partial charge on any atom is 0.253 e. The van der Waals surface area contributed by atoms with Crippen LogP contribution < -0.4 is 5.73 Å². The van der Waals surface area contributed by atoms with E-state index >= 15 is 0 Å². The maximum absolute atomic E-state index is 12.4. The van der Waals surface area contributed by atoms with Crippen LogP contribution in [0.4, 0.5) is 5.69 Å². The van der Waals surface area contributed by atoms with Crippen LogP contribution >= 0.6 is 0 Å². The number of anilines is 1.